The molecule has 1 aliphatic rings. The topological polar surface area (TPSA) is 133 Å². The summed E-state index contributed by atoms with van der Waals surface area (Å²) in [6.07, 6.45) is -1.81. The van der Waals surface area contributed by atoms with Crippen LogP contribution < -0.4 is 10.2 Å². The second kappa shape index (κ2) is 7.14. The van der Waals surface area contributed by atoms with E-state index in [9.17, 15) is 22.8 Å². The Morgan fingerprint density at radius 2 is 2.10 bits per heavy atom. The highest BCUT2D eigenvalue weighted by molar-refractivity contribution is 6.07. The van der Waals surface area contributed by atoms with Crippen LogP contribution in [0.4, 0.5) is 19.1 Å². The van der Waals surface area contributed by atoms with Gasteiger partial charge in [0.05, 0.1) is 23.0 Å². The lowest BCUT2D eigenvalue weighted by molar-refractivity contribution is -0.137. The normalized spacial score (nSPS) is 18.1. The van der Waals surface area contributed by atoms with Crippen LogP contribution in [0, 0.1) is 0 Å². The molecule has 1 aliphatic heterocycles. The average molecular weight is 408 g/mol. The van der Waals surface area contributed by atoms with Gasteiger partial charge in [-0.2, -0.15) is 18.4 Å². The number of fused-ring (bicyclic) bond motifs is 1. The summed E-state index contributed by atoms with van der Waals surface area (Å²) >= 11 is 0. The molecular weight excluding hydrogens is 393 g/mol. The van der Waals surface area contributed by atoms with Crippen LogP contribution >= 0.6 is 0 Å². The molecule has 3 heterocycles. The zero-order valence-electron chi connectivity index (χ0n) is 14.8. The largest absolute Gasteiger partial charge is 0.416 e. The number of nitrogens with zero attached hydrogens (tertiary/aromatic N) is 5. The van der Waals surface area contributed by atoms with Gasteiger partial charge in [0, 0.05) is 6.54 Å². The first-order chi connectivity index (χ1) is 13.8. The summed E-state index contributed by atoms with van der Waals surface area (Å²) in [5.41, 5.74) is -1.09. The van der Waals surface area contributed by atoms with Crippen LogP contribution in [0.15, 0.2) is 18.5 Å². The molecule has 1 atom stereocenters. The van der Waals surface area contributed by atoms with Gasteiger partial charge in [-0.25, -0.2) is 4.98 Å². The van der Waals surface area contributed by atoms with Crippen molar-refractivity contribution in [3.8, 4) is 0 Å². The van der Waals surface area contributed by atoms with E-state index in [1.54, 1.807) is 0 Å². The first kappa shape index (κ1) is 18.8. The van der Waals surface area contributed by atoms with Crippen molar-refractivity contribution in [2.45, 2.75) is 31.5 Å². The fraction of sp³-hybridized carbons (Fsp3) is 0.375. The van der Waals surface area contributed by atoms with Crippen molar-refractivity contribution < 1.29 is 22.8 Å². The molecule has 2 aromatic heterocycles. The van der Waals surface area contributed by atoms with Crippen molar-refractivity contribution in [1.82, 2.24) is 35.9 Å². The number of carbonyl (C=O) groups excluding carboxylic acids is 2. The standard InChI is InChI=1S/C16H15F3N8O2/c17-16(18,19)8-5-9(12-11(6-8)20-7-21-12)13(28)22-10-3-1-2-4-27(14(10)29)15-23-25-26-24-15/h5-7,10H,1-4H2,(H,20,21)(H,22,28)(H,23,24,25,26). The minimum atomic E-state index is -4.64. The molecule has 0 saturated carbocycles. The van der Waals surface area contributed by atoms with Gasteiger partial charge in [-0.05, 0) is 36.6 Å². The van der Waals surface area contributed by atoms with Gasteiger partial charge in [0.25, 0.3) is 17.8 Å². The van der Waals surface area contributed by atoms with E-state index < -0.39 is 29.6 Å². The van der Waals surface area contributed by atoms with Gasteiger partial charge in [0.2, 0.25) is 0 Å². The van der Waals surface area contributed by atoms with Crippen LogP contribution in [0.3, 0.4) is 0 Å². The van der Waals surface area contributed by atoms with Gasteiger partial charge in [0.15, 0.2) is 0 Å². The van der Waals surface area contributed by atoms with Crippen LogP contribution in [0.25, 0.3) is 11.0 Å². The van der Waals surface area contributed by atoms with Crippen LogP contribution in [0.5, 0.6) is 0 Å². The number of imidazole rings is 1. The smallest absolute Gasteiger partial charge is 0.345 e. The molecular formula is C16H15F3N8O2. The monoisotopic (exact) mass is 408 g/mol. The Morgan fingerprint density at radius 3 is 2.83 bits per heavy atom. The highest BCUT2D eigenvalue weighted by atomic mass is 19.4. The molecule has 0 aliphatic carbocycles. The summed E-state index contributed by atoms with van der Waals surface area (Å²) in [5, 5.41) is 15.8. The molecule has 13 heteroatoms. The minimum Gasteiger partial charge on any atom is -0.345 e. The van der Waals surface area contributed by atoms with Crippen LogP contribution in [-0.2, 0) is 11.0 Å². The van der Waals surface area contributed by atoms with Crippen molar-refractivity contribution in [2.24, 2.45) is 0 Å². The van der Waals surface area contributed by atoms with E-state index in [2.05, 4.69) is 35.9 Å². The van der Waals surface area contributed by atoms with Crippen LogP contribution in [0.2, 0.25) is 0 Å². The Morgan fingerprint density at radius 1 is 1.28 bits per heavy atom. The predicted molar refractivity (Wildman–Crippen MR) is 92.7 cm³/mol. The molecule has 1 unspecified atom stereocenters. The summed E-state index contributed by atoms with van der Waals surface area (Å²) in [4.78, 5) is 33.4. The minimum absolute atomic E-state index is 0.0740. The molecule has 4 rings (SSSR count). The summed E-state index contributed by atoms with van der Waals surface area (Å²) in [6.45, 7) is 0.345. The Kier molecular flexibility index (Phi) is 4.64. The number of nitrogens with one attached hydrogen (secondary N) is 3. The maximum absolute atomic E-state index is 13.2. The molecule has 3 aromatic rings. The lowest BCUT2D eigenvalue weighted by atomic mass is 10.1. The first-order valence-electron chi connectivity index (χ1n) is 8.74. The quantitative estimate of drug-likeness (QED) is 0.600. The van der Waals surface area contributed by atoms with Gasteiger partial charge in [-0.15, -0.1) is 5.10 Å². The number of halogens is 3. The van der Waals surface area contributed by atoms with Crippen molar-refractivity contribution in [3.05, 3.63) is 29.6 Å². The molecule has 1 fully saturated rings. The molecule has 152 valence electrons. The molecule has 10 nitrogen and oxygen atoms in total. The van der Waals surface area contributed by atoms with E-state index >= 15 is 0 Å². The molecule has 0 radical (unpaired) electrons. The molecule has 2 amide bonds. The molecule has 0 bridgehead atoms. The third-order valence-corrected chi connectivity index (χ3v) is 4.67. The van der Waals surface area contributed by atoms with Crippen molar-refractivity contribution in [1.29, 1.82) is 0 Å². The first-order valence-corrected chi connectivity index (χ1v) is 8.74. The SMILES string of the molecule is O=C(NC1CCCCN(c2nn[nH]n2)C1=O)c1cc(C(F)(F)F)cc2[nH]cnc12. The number of hydrogen-bond donors (Lipinski definition) is 3. The molecule has 29 heavy (non-hydrogen) atoms. The van der Waals surface area contributed by atoms with Crippen LogP contribution in [-0.4, -0.2) is 55.0 Å². The maximum Gasteiger partial charge on any atom is 0.416 e. The number of aromatic amines is 2. The summed E-state index contributed by atoms with van der Waals surface area (Å²) in [6, 6.07) is 0.678. The van der Waals surface area contributed by atoms with Gasteiger partial charge in [0.1, 0.15) is 11.6 Å². The van der Waals surface area contributed by atoms with Crippen molar-refractivity contribution in [2.75, 3.05) is 11.4 Å². The molecule has 3 N–H and O–H groups in total. The molecule has 1 aromatic carbocycles. The number of rotatable bonds is 3. The fourth-order valence-electron chi connectivity index (χ4n) is 3.27. The zero-order valence-corrected chi connectivity index (χ0v) is 14.8. The Bertz CT molecular complexity index is 1050. The van der Waals surface area contributed by atoms with E-state index in [1.165, 1.54) is 11.2 Å². The van der Waals surface area contributed by atoms with E-state index in [4.69, 9.17) is 0 Å². The maximum atomic E-state index is 13.2. The number of aromatic nitrogens is 6. The second-order valence-corrected chi connectivity index (χ2v) is 6.54. The summed E-state index contributed by atoms with van der Waals surface area (Å²) in [7, 11) is 0. The Hall–Kier alpha value is -3.51. The van der Waals surface area contributed by atoms with Crippen LogP contribution in [0.1, 0.15) is 35.2 Å². The average Bonchev–Trinajstić information content (AvgIpc) is 3.33. The number of H-pyrrole nitrogens is 2. The van der Waals surface area contributed by atoms with Crippen molar-refractivity contribution >= 4 is 28.8 Å². The second-order valence-electron chi connectivity index (χ2n) is 6.54. The third kappa shape index (κ3) is 3.62. The molecule has 1 saturated heterocycles. The zero-order chi connectivity index (χ0) is 20.6. The fourth-order valence-corrected chi connectivity index (χ4v) is 3.27. The number of carbonyl (C=O) groups is 2. The highest BCUT2D eigenvalue weighted by Gasteiger charge is 2.34. The Balaban J connectivity index is 1.63. The van der Waals surface area contributed by atoms with Crippen molar-refractivity contribution in [3.63, 3.8) is 0 Å². The number of anilines is 1. The summed E-state index contributed by atoms with van der Waals surface area (Å²) in [5.74, 6) is -1.20. The predicted octanol–water partition coefficient (Wildman–Crippen LogP) is 1.41. The van der Waals surface area contributed by atoms with Gasteiger partial charge in [-0.1, -0.05) is 5.10 Å². The number of alkyl halides is 3. The summed E-state index contributed by atoms with van der Waals surface area (Å²) < 4.78 is 39.6. The third-order valence-electron chi connectivity index (χ3n) is 4.67. The van der Waals surface area contributed by atoms with E-state index in [0.29, 0.717) is 25.8 Å². The number of benzene rings is 1. The van der Waals surface area contributed by atoms with Gasteiger partial charge < -0.3 is 10.3 Å². The number of hydrogen-bond acceptors (Lipinski definition) is 6. The van der Waals surface area contributed by atoms with Gasteiger partial charge >= 0.3 is 6.18 Å². The number of amides is 2. The highest BCUT2D eigenvalue weighted by Crippen LogP contribution is 2.32. The molecule has 0 spiro atoms. The van der Waals surface area contributed by atoms with E-state index in [0.717, 1.165) is 12.1 Å². The lowest BCUT2D eigenvalue weighted by Crippen LogP contribution is -2.48. The number of tetrazole rings is 1. The van der Waals surface area contributed by atoms with Gasteiger partial charge in [-0.3, -0.25) is 14.5 Å². The lowest BCUT2D eigenvalue weighted by Gasteiger charge is -2.21. The Labute approximate surface area is 160 Å². The van der Waals surface area contributed by atoms with E-state index in [-0.39, 0.29) is 22.5 Å². The van der Waals surface area contributed by atoms with E-state index in [1.807, 2.05) is 0 Å².